The van der Waals surface area contributed by atoms with Crippen molar-refractivity contribution in [1.29, 1.82) is 0 Å². The first-order valence-electron chi connectivity index (χ1n) is 2.47. The van der Waals surface area contributed by atoms with E-state index in [4.69, 9.17) is 0 Å². The average molecular weight is 221 g/mol. The van der Waals surface area contributed by atoms with Gasteiger partial charge >= 0.3 is 0 Å². The van der Waals surface area contributed by atoms with E-state index in [2.05, 4.69) is 32.9 Å². The quantitative estimate of drug-likeness (QED) is 0.475. The second kappa shape index (κ2) is 2.48. The monoisotopic (exact) mass is 221 g/mol. The van der Waals surface area contributed by atoms with Crippen molar-refractivity contribution >= 4 is 28.4 Å². The molecule has 0 fully saturated rings. The molecule has 0 aromatic heterocycles. The van der Waals surface area contributed by atoms with E-state index in [0.29, 0.717) is 0 Å². The van der Waals surface area contributed by atoms with Gasteiger partial charge in [-0.3, -0.25) is 0 Å². The van der Waals surface area contributed by atoms with E-state index in [9.17, 15) is 0 Å². The average Bonchev–Trinajstić information content (AvgIpc) is 2.14. The zero-order valence-corrected chi connectivity index (χ0v) is 6.71. The topological polar surface area (TPSA) is 26.5 Å². The van der Waals surface area contributed by atoms with E-state index in [1.54, 1.807) is 6.20 Å². The molecule has 0 aromatic carbocycles. The van der Waals surface area contributed by atoms with Gasteiger partial charge in [0.15, 0.2) is 0 Å². The van der Waals surface area contributed by atoms with Crippen LogP contribution in [-0.2, 0) is 0 Å². The summed E-state index contributed by atoms with van der Waals surface area (Å²) < 4.78 is 0.986. The Morgan fingerprint density at radius 3 is 2.75 bits per heavy atom. The fourth-order valence-corrected chi connectivity index (χ4v) is 0.897. The van der Waals surface area contributed by atoms with Gasteiger partial charge in [-0.05, 0) is 22.6 Å². The van der Waals surface area contributed by atoms with Gasteiger partial charge in [-0.25, -0.2) is 10.3 Å². The smallest absolute Gasteiger partial charge is 0.129 e. The third-order valence-electron chi connectivity index (χ3n) is 0.872. The molecule has 1 aliphatic heterocycles. The number of hydrogen-bond donors (Lipinski definition) is 0. The zero-order valence-electron chi connectivity index (χ0n) is 4.56. The number of nitrogens with zero attached hydrogens (tertiary/aromatic N) is 2. The highest BCUT2D eigenvalue weighted by molar-refractivity contribution is 14.1. The fraction of sp³-hybridized carbons (Fsp3) is 0.400. The maximum atomic E-state index is 4.10. The van der Waals surface area contributed by atoms with Gasteiger partial charge < -0.3 is 0 Å². The molecule has 1 radical (unpaired) electrons. The highest BCUT2D eigenvalue weighted by Crippen LogP contribution is 2.12. The van der Waals surface area contributed by atoms with Crippen molar-refractivity contribution in [2.24, 2.45) is 4.99 Å². The van der Waals surface area contributed by atoms with E-state index < -0.39 is 0 Å². The summed E-state index contributed by atoms with van der Waals surface area (Å²) in [5.74, 6) is 0.939. The number of rotatable bonds is 1. The fourth-order valence-electron chi connectivity index (χ4n) is 0.479. The predicted octanol–water partition coefficient (Wildman–Crippen LogP) is 1.65. The van der Waals surface area contributed by atoms with Crippen LogP contribution in [0, 0.1) is 0 Å². The molecular weight excluding hydrogens is 215 g/mol. The first kappa shape index (κ1) is 6.07. The molecule has 43 valence electrons. The van der Waals surface area contributed by atoms with Gasteiger partial charge in [0.2, 0.25) is 0 Å². The molecule has 0 spiro atoms. The largest absolute Gasteiger partial charge is 0.239 e. The van der Waals surface area contributed by atoms with Crippen LogP contribution in [0.3, 0.4) is 0 Å². The molecule has 0 saturated heterocycles. The van der Waals surface area contributed by atoms with Gasteiger partial charge in [-0.15, -0.1) is 0 Å². The molecule has 1 aliphatic rings. The molecule has 0 bridgehead atoms. The molecular formula is C5H6IN2. The van der Waals surface area contributed by atoms with Gasteiger partial charge in [0.05, 0.1) is 6.20 Å². The molecule has 2 nitrogen and oxygen atoms in total. The summed E-state index contributed by atoms with van der Waals surface area (Å²) in [6.07, 6.45) is 2.71. The Morgan fingerprint density at radius 2 is 2.50 bits per heavy atom. The third-order valence-corrected chi connectivity index (χ3v) is 1.39. The van der Waals surface area contributed by atoms with Gasteiger partial charge in [0.25, 0.3) is 0 Å². The predicted molar refractivity (Wildman–Crippen MR) is 42.0 cm³/mol. The lowest BCUT2D eigenvalue weighted by molar-refractivity contribution is 1.16. The standard InChI is InChI=1S/C5H6IN2/c1-2-5-7-3-4(6)8-5/h3H,2H2,1H3. The number of halogens is 1. The van der Waals surface area contributed by atoms with Crippen molar-refractivity contribution in [3.63, 3.8) is 0 Å². The summed E-state index contributed by atoms with van der Waals surface area (Å²) in [7, 11) is 0. The third kappa shape index (κ3) is 1.21. The van der Waals surface area contributed by atoms with Crippen LogP contribution >= 0.6 is 22.6 Å². The van der Waals surface area contributed by atoms with Crippen molar-refractivity contribution in [3.05, 3.63) is 9.90 Å². The molecule has 8 heavy (non-hydrogen) atoms. The molecule has 3 heteroatoms. The normalized spacial score (nSPS) is 17.2. The van der Waals surface area contributed by atoms with E-state index in [1.165, 1.54) is 0 Å². The summed E-state index contributed by atoms with van der Waals surface area (Å²) in [4.78, 5) is 4.10. The molecule has 0 aromatic rings. The van der Waals surface area contributed by atoms with Gasteiger partial charge in [-0.2, -0.15) is 0 Å². The summed E-state index contributed by atoms with van der Waals surface area (Å²) >= 11 is 2.15. The van der Waals surface area contributed by atoms with Gasteiger partial charge in [0, 0.05) is 6.42 Å². The molecule has 0 atom stereocenters. The maximum absolute atomic E-state index is 4.10. The number of amidine groups is 1. The van der Waals surface area contributed by atoms with Gasteiger partial charge in [0.1, 0.15) is 9.54 Å². The zero-order chi connectivity index (χ0) is 5.98. The van der Waals surface area contributed by atoms with Crippen LogP contribution in [0.2, 0.25) is 0 Å². The molecule has 0 unspecified atom stereocenters. The van der Waals surface area contributed by atoms with Crippen LogP contribution in [0.1, 0.15) is 13.3 Å². The van der Waals surface area contributed by atoms with Crippen molar-refractivity contribution in [2.75, 3.05) is 0 Å². The Kier molecular flexibility index (Phi) is 1.88. The molecule has 0 amide bonds. The van der Waals surface area contributed by atoms with Crippen LogP contribution in [0.15, 0.2) is 14.9 Å². The molecule has 1 rings (SSSR count). The summed E-state index contributed by atoms with van der Waals surface area (Å²) in [6.45, 7) is 2.05. The number of aliphatic imine (C=N–C) groups is 1. The van der Waals surface area contributed by atoms with Gasteiger partial charge in [-0.1, -0.05) is 6.92 Å². The lowest BCUT2D eigenvalue weighted by Crippen LogP contribution is -2.02. The van der Waals surface area contributed by atoms with E-state index in [0.717, 1.165) is 16.0 Å². The summed E-state index contributed by atoms with van der Waals surface area (Å²) in [5, 5.41) is 4.02. The van der Waals surface area contributed by atoms with Crippen molar-refractivity contribution in [2.45, 2.75) is 13.3 Å². The van der Waals surface area contributed by atoms with Crippen LogP contribution in [-0.4, -0.2) is 5.84 Å². The van der Waals surface area contributed by atoms with E-state index in [1.807, 2.05) is 6.92 Å². The Balaban J connectivity index is 2.56. The van der Waals surface area contributed by atoms with E-state index >= 15 is 0 Å². The minimum Gasteiger partial charge on any atom is -0.239 e. The Morgan fingerprint density at radius 1 is 1.75 bits per heavy atom. The minimum absolute atomic E-state index is 0.934. The molecule has 1 heterocycles. The summed E-state index contributed by atoms with van der Waals surface area (Å²) in [5.41, 5.74) is 0. The van der Waals surface area contributed by atoms with Crippen molar-refractivity contribution in [1.82, 2.24) is 5.32 Å². The Bertz CT molecular complexity index is 149. The first-order valence-corrected chi connectivity index (χ1v) is 3.55. The van der Waals surface area contributed by atoms with Crippen LogP contribution < -0.4 is 5.32 Å². The second-order valence-corrected chi connectivity index (χ2v) is 2.57. The van der Waals surface area contributed by atoms with Crippen molar-refractivity contribution < 1.29 is 0 Å². The van der Waals surface area contributed by atoms with Crippen LogP contribution in [0.5, 0.6) is 0 Å². The molecule has 0 saturated carbocycles. The molecule has 0 aliphatic carbocycles. The lowest BCUT2D eigenvalue weighted by Gasteiger charge is -1.86. The minimum atomic E-state index is 0.934. The van der Waals surface area contributed by atoms with E-state index in [-0.39, 0.29) is 0 Å². The molecule has 0 N–H and O–H groups in total. The highest BCUT2D eigenvalue weighted by atomic mass is 127. The highest BCUT2D eigenvalue weighted by Gasteiger charge is 2.02. The Labute approximate surface area is 62.2 Å². The summed E-state index contributed by atoms with van der Waals surface area (Å²) in [6, 6.07) is 0. The van der Waals surface area contributed by atoms with Crippen molar-refractivity contribution in [3.8, 4) is 0 Å². The second-order valence-electron chi connectivity index (χ2n) is 1.46. The first-order chi connectivity index (χ1) is 3.83. The Hall–Kier alpha value is -0.0600. The SMILES string of the molecule is CCC1=NC(I)=C[N]1. The maximum Gasteiger partial charge on any atom is 0.129 e. The lowest BCUT2D eigenvalue weighted by atomic mass is 10.4. The van der Waals surface area contributed by atoms with Crippen LogP contribution in [0.25, 0.3) is 0 Å². The van der Waals surface area contributed by atoms with Crippen LogP contribution in [0.4, 0.5) is 0 Å². The number of hydrogen-bond acceptors (Lipinski definition) is 1.